The smallest absolute Gasteiger partial charge is 0.216 e. The summed E-state index contributed by atoms with van der Waals surface area (Å²) < 4.78 is 50.3. The minimum absolute atomic E-state index is 0.0602. The van der Waals surface area contributed by atoms with Gasteiger partial charge in [0.15, 0.2) is 9.84 Å². The zero-order valence-electron chi connectivity index (χ0n) is 11.5. The predicted octanol–water partition coefficient (Wildman–Crippen LogP) is 1.65. The number of thiophene rings is 1. The standard InChI is InChI=1S/C12H19NO4S3/c1-10(2)20(16,17)13-6-5-12(11-4-3-8-18-11)19(14,15)9-7-13/h3-4,8,10,12H,5-7,9H2,1-2H3/t12-/m0/s1. The first kappa shape index (κ1) is 15.9. The lowest BCUT2D eigenvalue weighted by Crippen LogP contribution is -2.38. The molecule has 0 radical (unpaired) electrons. The van der Waals surface area contributed by atoms with Crippen molar-refractivity contribution in [3.63, 3.8) is 0 Å². The lowest BCUT2D eigenvalue weighted by molar-refractivity contribution is 0.423. The highest BCUT2D eigenvalue weighted by Gasteiger charge is 2.36. The third-order valence-electron chi connectivity index (χ3n) is 3.52. The Balaban J connectivity index is 2.27. The maximum atomic E-state index is 12.3. The van der Waals surface area contributed by atoms with E-state index < -0.39 is 30.4 Å². The van der Waals surface area contributed by atoms with Gasteiger partial charge >= 0.3 is 0 Å². The van der Waals surface area contributed by atoms with Crippen LogP contribution in [-0.4, -0.2) is 45.2 Å². The van der Waals surface area contributed by atoms with E-state index in [2.05, 4.69) is 0 Å². The minimum atomic E-state index is -3.39. The first-order valence-electron chi connectivity index (χ1n) is 6.49. The van der Waals surface area contributed by atoms with Gasteiger partial charge in [-0.25, -0.2) is 21.1 Å². The molecule has 0 N–H and O–H groups in total. The maximum absolute atomic E-state index is 12.3. The molecule has 0 unspecified atom stereocenters. The summed E-state index contributed by atoms with van der Waals surface area (Å²) in [6.45, 7) is 3.56. The quantitative estimate of drug-likeness (QED) is 0.841. The van der Waals surface area contributed by atoms with Crippen molar-refractivity contribution in [3.8, 4) is 0 Å². The van der Waals surface area contributed by atoms with Crippen molar-refractivity contribution in [3.05, 3.63) is 22.4 Å². The molecular weight excluding hydrogens is 318 g/mol. The Kier molecular flexibility index (Phi) is 4.58. The third kappa shape index (κ3) is 3.08. The Morgan fingerprint density at radius 3 is 2.60 bits per heavy atom. The van der Waals surface area contributed by atoms with E-state index in [0.717, 1.165) is 4.88 Å². The summed E-state index contributed by atoms with van der Waals surface area (Å²) in [6, 6.07) is 3.63. The molecule has 0 spiro atoms. The fourth-order valence-electron chi connectivity index (χ4n) is 2.27. The van der Waals surface area contributed by atoms with Crippen molar-refractivity contribution < 1.29 is 16.8 Å². The molecule has 1 aliphatic rings. The molecule has 1 saturated heterocycles. The molecule has 0 amide bonds. The van der Waals surface area contributed by atoms with Crippen LogP contribution in [0.3, 0.4) is 0 Å². The van der Waals surface area contributed by atoms with Gasteiger partial charge in [0, 0.05) is 18.0 Å². The molecule has 8 heteroatoms. The molecule has 5 nitrogen and oxygen atoms in total. The molecule has 0 aliphatic carbocycles. The lowest BCUT2D eigenvalue weighted by atomic mass is 10.2. The van der Waals surface area contributed by atoms with Crippen molar-refractivity contribution in [2.24, 2.45) is 0 Å². The molecule has 114 valence electrons. The van der Waals surface area contributed by atoms with E-state index in [4.69, 9.17) is 0 Å². The van der Waals surface area contributed by atoms with Gasteiger partial charge in [-0.05, 0) is 31.7 Å². The first-order chi connectivity index (χ1) is 9.25. The maximum Gasteiger partial charge on any atom is 0.216 e. The van der Waals surface area contributed by atoms with Gasteiger partial charge in [0.2, 0.25) is 10.0 Å². The molecule has 1 atom stereocenters. The molecule has 0 aromatic carbocycles. The Morgan fingerprint density at radius 1 is 1.35 bits per heavy atom. The van der Waals surface area contributed by atoms with E-state index >= 15 is 0 Å². The Morgan fingerprint density at radius 2 is 2.05 bits per heavy atom. The zero-order chi connectivity index (χ0) is 15.0. The molecule has 2 heterocycles. The SMILES string of the molecule is CC(C)S(=O)(=O)N1CC[C@@H](c2cccs2)S(=O)(=O)CC1. The molecule has 2 rings (SSSR count). The van der Waals surface area contributed by atoms with Gasteiger partial charge in [-0.3, -0.25) is 0 Å². The minimum Gasteiger partial charge on any atom is -0.228 e. The first-order valence-corrected chi connectivity index (χ1v) is 10.6. The van der Waals surface area contributed by atoms with Gasteiger partial charge in [-0.2, -0.15) is 0 Å². The van der Waals surface area contributed by atoms with Gasteiger partial charge in [-0.15, -0.1) is 11.3 Å². The van der Waals surface area contributed by atoms with Crippen LogP contribution in [0, 0.1) is 0 Å². The summed E-state index contributed by atoms with van der Waals surface area (Å²) in [6.07, 6.45) is 0.328. The monoisotopic (exact) mass is 337 g/mol. The van der Waals surface area contributed by atoms with Crippen LogP contribution in [0.25, 0.3) is 0 Å². The molecule has 1 aromatic heterocycles. The molecule has 1 fully saturated rings. The van der Waals surface area contributed by atoms with Crippen molar-refractivity contribution >= 4 is 31.2 Å². The van der Waals surface area contributed by atoms with Gasteiger partial charge in [0.05, 0.1) is 16.3 Å². The van der Waals surface area contributed by atoms with E-state index in [9.17, 15) is 16.8 Å². The lowest BCUT2D eigenvalue weighted by Gasteiger charge is -2.21. The highest BCUT2D eigenvalue weighted by molar-refractivity contribution is 7.92. The van der Waals surface area contributed by atoms with Crippen molar-refractivity contribution in [2.45, 2.75) is 30.8 Å². The van der Waals surface area contributed by atoms with Crippen LogP contribution < -0.4 is 0 Å². The summed E-state index contributed by atoms with van der Waals surface area (Å²) in [5, 5.41) is 0.747. The summed E-state index contributed by atoms with van der Waals surface area (Å²) in [5.74, 6) is -0.110. The van der Waals surface area contributed by atoms with Crippen LogP contribution in [-0.2, 0) is 19.9 Å². The second kappa shape index (κ2) is 5.75. The molecule has 0 bridgehead atoms. The predicted molar refractivity (Wildman–Crippen MR) is 81.1 cm³/mol. The van der Waals surface area contributed by atoms with Crippen LogP contribution >= 0.6 is 11.3 Å². The summed E-state index contributed by atoms with van der Waals surface area (Å²) in [4.78, 5) is 0.800. The van der Waals surface area contributed by atoms with Crippen LogP contribution in [0.2, 0.25) is 0 Å². The second-order valence-corrected chi connectivity index (χ2v) is 10.9. The van der Waals surface area contributed by atoms with Crippen LogP contribution in [0.15, 0.2) is 17.5 Å². The molecule has 20 heavy (non-hydrogen) atoms. The summed E-state index contributed by atoms with van der Waals surface area (Å²) in [5.41, 5.74) is 0. The second-order valence-electron chi connectivity index (χ2n) is 5.15. The number of nitrogens with zero attached hydrogens (tertiary/aromatic N) is 1. The number of sulfonamides is 1. The van der Waals surface area contributed by atoms with E-state index in [1.54, 1.807) is 19.9 Å². The number of hydrogen-bond donors (Lipinski definition) is 0. The fourth-order valence-corrected chi connectivity index (χ4v) is 6.69. The molecule has 1 aromatic rings. The van der Waals surface area contributed by atoms with Crippen LogP contribution in [0.4, 0.5) is 0 Å². The summed E-state index contributed by atoms with van der Waals surface area (Å²) in [7, 11) is -6.69. The third-order valence-corrected chi connectivity index (χ3v) is 9.04. The van der Waals surface area contributed by atoms with Gasteiger partial charge in [0.25, 0.3) is 0 Å². The van der Waals surface area contributed by atoms with Gasteiger partial charge in [-0.1, -0.05) is 6.07 Å². The average Bonchev–Trinajstić information content (AvgIpc) is 2.80. The Hall–Kier alpha value is -0.440. The van der Waals surface area contributed by atoms with Crippen molar-refractivity contribution in [1.82, 2.24) is 4.31 Å². The largest absolute Gasteiger partial charge is 0.228 e. The Bertz CT molecular complexity index is 647. The van der Waals surface area contributed by atoms with E-state index in [1.807, 2.05) is 11.4 Å². The van der Waals surface area contributed by atoms with E-state index in [1.165, 1.54) is 15.6 Å². The molecule has 1 aliphatic heterocycles. The Labute approximate surface area is 124 Å². The topological polar surface area (TPSA) is 71.5 Å². The van der Waals surface area contributed by atoms with E-state index in [-0.39, 0.29) is 18.8 Å². The highest BCUT2D eigenvalue weighted by atomic mass is 32.2. The highest BCUT2D eigenvalue weighted by Crippen LogP contribution is 2.33. The normalized spacial score (nSPS) is 24.6. The number of rotatable bonds is 3. The molecule has 0 saturated carbocycles. The van der Waals surface area contributed by atoms with Crippen molar-refractivity contribution in [1.29, 1.82) is 0 Å². The van der Waals surface area contributed by atoms with Gasteiger partial charge in [0.1, 0.15) is 0 Å². The molecular formula is C12H19NO4S3. The van der Waals surface area contributed by atoms with Gasteiger partial charge < -0.3 is 0 Å². The van der Waals surface area contributed by atoms with E-state index in [0.29, 0.717) is 6.42 Å². The zero-order valence-corrected chi connectivity index (χ0v) is 14.0. The number of sulfone groups is 1. The fraction of sp³-hybridized carbons (Fsp3) is 0.667. The summed E-state index contributed by atoms with van der Waals surface area (Å²) >= 11 is 1.41. The average molecular weight is 337 g/mol. The van der Waals surface area contributed by atoms with Crippen LogP contribution in [0.1, 0.15) is 30.4 Å². The van der Waals surface area contributed by atoms with Crippen molar-refractivity contribution in [2.75, 3.05) is 18.8 Å². The number of hydrogen-bond acceptors (Lipinski definition) is 5. The van der Waals surface area contributed by atoms with Crippen LogP contribution in [0.5, 0.6) is 0 Å².